The molecule has 13 heavy (non-hydrogen) atoms. The molecule has 0 spiro atoms. The second kappa shape index (κ2) is 2.60. The van der Waals surface area contributed by atoms with E-state index in [1.807, 2.05) is 0 Å². The molecule has 0 amide bonds. The van der Waals surface area contributed by atoms with Gasteiger partial charge in [0.1, 0.15) is 0 Å². The Hall–Kier alpha value is -0.790. The molecule has 2 aliphatic rings. The van der Waals surface area contributed by atoms with E-state index in [2.05, 4.69) is 13.5 Å². The fourth-order valence-electron chi connectivity index (χ4n) is 3.22. The summed E-state index contributed by atoms with van der Waals surface area (Å²) in [4.78, 5) is 10.9. The van der Waals surface area contributed by atoms with Crippen LogP contribution < -0.4 is 0 Å². The van der Waals surface area contributed by atoms with E-state index in [1.54, 1.807) is 0 Å². The summed E-state index contributed by atoms with van der Waals surface area (Å²) in [5.74, 6) is 0.544. The predicted octanol–water partition coefficient (Wildman–Crippen LogP) is 2.45. The fraction of sp³-hybridized carbons (Fsp3) is 0.727. The van der Waals surface area contributed by atoms with Gasteiger partial charge in [0.15, 0.2) is 0 Å². The van der Waals surface area contributed by atoms with Gasteiger partial charge in [0, 0.05) is 11.0 Å². The lowest BCUT2D eigenvalue weighted by atomic mass is 9.70. The van der Waals surface area contributed by atoms with Gasteiger partial charge in [-0.15, -0.1) is 0 Å². The first-order valence-electron chi connectivity index (χ1n) is 4.96. The molecule has 0 aromatic carbocycles. The predicted molar refractivity (Wildman–Crippen MR) is 50.3 cm³/mol. The number of fused-ring (bicyclic) bond motifs is 2. The summed E-state index contributed by atoms with van der Waals surface area (Å²) >= 11 is 0. The first-order chi connectivity index (χ1) is 6.04. The molecule has 2 saturated carbocycles. The van der Waals surface area contributed by atoms with Crippen LogP contribution in [0.1, 0.15) is 32.6 Å². The highest BCUT2D eigenvalue weighted by atomic mass is 16.4. The van der Waals surface area contributed by atoms with Gasteiger partial charge in [-0.25, -0.2) is 4.79 Å². The van der Waals surface area contributed by atoms with Crippen molar-refractivity contribution in [1.29, 1.82) is 0 Å². The number of carboxylic acids is 1. The van der Waals surface area contributed by atoms with Crippen molar-refractivity contribution in [3.63, 3.8) is 0 Å². The van der Waals surface area contributed by atoms with Gasteiger partial charge >= 0.3 is 5.97 Å². The number of hydrogen-bond acceptors (Lipinski definition) is 1. The summed E-state index contributed by atoms with van der Waals surface area (Å²) in [5.41, 5.74) is 0.328. The van der Waals surface area contributed by atoms with E-state index in [-0.39, 0.29) is 5.41 Å². The summed E-state index contributed by atoms with van der Waals surface area (Å²) in [5, 5.41) is 8.94. The number of carbonyl (C=O) groups is 1. The number of hydrogen-bond donors (Lipinski definition) is 1. The first kappa shape index (κ1) is 8.79. The van der Waals surface area contributed by atoms with Crippen molar-refractivity contribution in [3.05, 3.63) is 12.2 Å². The molecule has 0 saturated heterocycles. The smallest absolute Gasteiger partial charge is 0.331 e. The van der Waals surface area contributed by atoms with Crippen LogP contribution in [0.2, 0.25) is 0 Å². The SMILES string of the molecule is C=C(C(=O)O)C1(C)CC2CCC1C2. The Morgan fingerprint density at radius 2 is 2.23 bits per heavy atom. The highest BCUT2D eigenvalue weighted by molar-refractivity contribution is 5.87. The van der Waals surface area contributed by atoms with Crippen LogP contribution in [0.3, 0.4) is 0 Å². The molecular formula is C11H16O2. The van der Waals surface area contributed by atoms with E-state index in [4.69, 9.17) is 5.11 Å². The zero-order valence-corrected chi connectivity index (χ0v) is 8.05. The molecule has 0 aromatic heterocycles. The van der Waals surface area contributed by atoms with E-state index >= 15 is 0 Å². The lowest BCUT2D eigenvalue weighted by Crippen LogP contribution is -2.29. The fourth-order valence-corrected chi connectivity index (χ4v) is 3.22. The molecular weight excluding hydrogens is 164 g/mol. The van der Waals surface area contributed by atoms with E-state index in [1.165, 1.54) is 19.3 Å². The lowest BCUT2D eigenvalue weighted by molar-refractivity contribution is -0.134. The zero-order valence-electron chi connectivity index (χ0n) is 8.05. The van der Waals surface area contributed by atoms with Gasteiger partial charge in [-0.1, -0.05) is 19.9 Å². The van der Waals surface area contributed by atoms with Crippen molar-refractivity contribution in [2.45, 2.75) is 32.6 Å². The number of aliphatic carboxylic acids is 1. The van der Waals surface area contributed by atoms with Crippen LogP contribution in [0.25, 0.3) is 0 Å². The van der Waals surface area contributed by atoms with Gasteiger partial charge in [-0.3, -0.25) is 0 Å². The Bertz CT molecular complexity index is 269. The molecule has 2 fully saturated rings. The van der Waals surface area contributed by atoms with Crippen molar-refractivity contribution < 1.29 is 9.90 Å². The Morgan fingerprint density at radius 3 is 2.62 bits per heavy atom. The first-order valence-corrected chi connectivity index (χ1v) is 4.96. The third kappa shape index (κ3) is 1.11. The highest BCUT2D eigenvalue weighted by Crippen LogP contribution is 2.58. The van der Waals surface area contributed by atoms with Gasteiger partial charge in [-0.2, -0.15) is 0 Å². The molecule has 2 nitrogen and oxygen atoms in total. The molecule has 2 aliphatic carbocycles. The molecule has 2 bridgehead atoms. The van der Waals surface area contributed by atoms with Crippen molar-refractivity contribution in [3.8, 4) is 0 Å². The van der Waals surface area contributed by atoms with Crippen LogP contribution in [-0.2, 0) is 4.79 Å². The standard InChI is InChI=1S/C11H16O2/c1-7(10(12)13)11(2)6-8-3-4-9(11)5-8/h8-9H,1,3-6H2,2H3,(H,12,13). The second-order valence-corrected chi connectivity index (χ2v) is 4.78. The average Bonchev–Trinajstić information content (AvgIpc) is 2.62. The van der Waals surface area contributed by atoms with Gasteiger partial charge in [0.2, 0.25) is 0 Å². The Kier molecular flexibility index (Phi) is 1.76. The molecule has 0 heterocycles. The largest absolute Gasteiger partial charge is 0.478 e. The minimum absolute atomic E-state index is 0.102. The van der Waals surface area contributed by atoms with Crippen LogP contribution >= 0.6 is 0 Å². The molecule has 2 rings (SSSR count). The molecule has 3 atom stereocenters. The van der Waals surface area contributed by atoms with Gasteiger partial charge < -0.3 is 5.11 Å². The quantitative estimate of drug-likeness (QED) is 0.663. The monoisotopic (exact) mass is 180 g/mol. The molecule has 0 aliphatic heterocycles. The maximum atomic E-state index is 10.9. The van der Waals surface area contributed by atoms with Crippen LogP contribution in [0.5, 0.6) is 0 Å². The highest BCUT2D eigenvalue weighted by Gasteiger charge is 2.50. The van der Waals surface area contributed by atoms with Crippen molar-refractivity contribution in [2.24, 2.45) is 17.3 Å². The summed E-state index contributed by atoms with van der Waals surface area (Å²) in [6, 6.07) is 0. The van der Waals surface area contributed by atoms with Gasteiger partial charge in [0.25, 0.3) is 0 Å². The summed E-state index contributed by atoms with van der Waals surface area (Å²) in [6.45, 7) is 5.80. The van der Waals surface area contributed by atoms with Crippen molar-refractivity contribution in [2.75, 3.05) is 0 Å². The van der Waals surface area contributed by atoms with Gasteiger partial charge in [0.05, 0.1) is 0 Å². The summed E-state index contributed by atoms with van der Waals surface area (Å²) in [7, 11) is 0. The number of carboxylic acid groups (broad SMARTS) is 1. The van der Waals surface area contributed by atoms with Crippen molar-refractivity contribution in [1.82, 2.24) is 0 Å². The molecule has 1 N–H and O–H groups in total. The molecule has 0 radical (unpaired) electrons. The Morgan fingerprint density at radius 1 is 1.54 bits per heavy atom. The molecule has 2 heteroatoms. The summed E-state index contributed by atoms with van der Waals surface area (Å²) in [6.07, 6.45) is 4.77. The lowest BCUT2D eigenvalue weighted by Gasteiger charge is -2.34. The minimum atomic E-state index is -0.810. The van der Waals surface area contributed by atoms with E-state index in [0.717, 1.165) is 12.3 Å². The zero-order chi connectivity index (χ0) is 9.64. The molecule has 3 unspecified atom stereocenters. The van der Waals surface area contributed by atoms with Crippen LogP contribution in [0.4, 0.5) is 0 Å². The topological polar surface area (TPSA) is 37.3 Å². The third-order valence-corrected chi connectivity index (χ3v) is 4.10. The molecule has 0 aromatic rings. The minimum Gasteiger partial charge on any atom is -0.478 e. The Balaban J connectivity index is 2.22. The average molecular weight is 180 g/mol. The second-order valence-electron chi connectivity index (χ2n) is 4.78. The summed E-state index contributed by atoms with van der Waals surface area (Å²) < 4.78 is 0. The van der Waals surface area contributed by atoms with Gasteiger partial charge in [-0.05, 0) is 31.1 Å². The van der Waals surface area contributed by atoms with Crippen LogP contribution in [0, 0.1) is 17.3 Å². The number of rotatable bonds is 2. The van der Waals surface area contributed by atoms with Crippen LogP contribution in [0.15, 0.2) is 12.2 Å². The van der Waals surface area contributed by atoms with Crippen molar-refractivity contribution >= 4 is 5.97 Å². The molecule has 72 valence electrons. The maximum absolute atomic E-state index is 10.9. The van der Waals surface area contributed by atoms with Crippen LogP contribution in [-0.4, -0.2) is 11.1 Å². The Labute approximate surface area is 78.6 Å². The van der Waals surface area contributed by atoms with E-state index < -0.39 is 5.97 Å². The van der Waals surface area contributed by atoms with E-state index in [9.17, 15) is 4.79 Å². The van der Waals surface area contributed by atoms with E-state index in [0.29, 0.717) is 11.5 Å². The third-order valence-electron chi connectivity index (χ3n) is 4.10. The maximum Gasteiger partial charge on any atom is 0.331 e. The normalized spacial score (nSPS) is 42.2.